The Kier molecular flexibility index (Phi) is 3.57. The van der Waals surface area contributed by atoms with Gasteiger partial charge in [-0.1, -0.05) is 11.3 Å². The van der Waals surface area contributed by atoms with E-state index in [0.29, 0.717) is 29.2 Å². The van der Waals surface area contributed by atoms with Crippen LogP contribution < -0.4 is 9.47 Å². The summed E-state index contributed by atoms with van der Waals surface area (Å²) in [6, 6.07) is 7.24. The average Bonchev–Trinajstić information content (AvgIpc) is 2.77. The highest BCUT2D eigenvalue weighted by molar-refractivity contribution is 5.73. The molecule has 1 aromatic heterocycles. The van der Waals surface area contributed by atoms with Gasteiger partial charge in [0.15, 0.2) is 12.0 Å². The van der Waals surface area contributed by atoms with Crippen LogP contribution in [0.1, 0.15) is 16.2 Å². The quantitative estimate of drug-likeness (QED) is 0.743. The third kappa shape index (κ3) is 2.48. The van der Waals surface area contributed by atoms with E-state index in [1.54, 1.807) is 20.2 Å². The minimum atomic E-state index is 0.227. The molecule has 0 radical (unpaired) electrons. The monoisotopic (exact) mass is 247 g/mol. The predicted octanol–water partition coefficient (Wildman–Crippen LogP) is 1.22. The van der Waals surface area contributed by atoms with Crippen LogP contribution in [0.15, 0.2) is 24.3 Å². The summed E-state index contributed by atoms with van der Waals surface area (Å²) < 4.78 is 12.2. The zero-order valence-corrected chi connectivity index (χ0v) is 10.2. The fourth-order valence-electron chi connectivity index (χ4n) is 1.49. The van der Waals surface area contributed by atoms with Gasteiger partial charge in [0.05, 0.1) is 7.11 Å². The number of hydrogen-bond acceptors (Lipinski definition) is 5. The molecule has 0 bridgehead atoms. The predicted molar refractivity (Wildman–Crippen MR) is 63.7 cm³/mol. The molecule has 0 amide bonds. The molecule has 18 heavy (non-hydrogen) atoms. The van der Waals surface area contributed by atoms with E-state index >= 15 is 0 Å². The first-order valence-corrected chi connectivity index (χ1v) is 5.35. The van der Waals surface area contributed by atoms with E-state index in [9.17, 15) is 4.79 Å². The second-order valence-electron chi connectivity index (χ2n) is 3.63. The third-order valence-corrected chi connectivity index (χ3v) is 2.50. The zero-order chi connectivity index (χ0) is 13.0. The maximum atomic E-state index is 10.8. The van der Waals surface area contributed by atoms with Gasteiger partial charge >= 0.3 is 0 Å². The van der Waals surface area contributed by atoms with Crippen molar-refractivity contribution in [2.45, 2.75) is 6.61 Å². The van der Waals surface area contributed by atoms with E-state index in [1.165, 1.54) is 4.68 Å². The Hall–Kier alpha value is -2.37. The van der Waals surface area contributed by atoms with Gasteiger partial charge in [0.25, 0.3) is 0 Å². The van der Waals surface area contributed by atoms with Crippen LogP contribution in [0, 0.1) is 0 Å². The Balaban J connectivity index is 2.11. The highest BCUT2D eigenvalue weighted by Crippen LogP contribution is 2.20. The number of hydrogen-bond donors (Lipinski definition) is 0. The Morgan fingerprint density at radius 3 is 2.89 bits per heavy atom. The number of aryl methyl sites for hydroxylation is 1. The lowest BCUT2D eigenvalue weighted by Crippen LogP contribution is -2.05. The second kappa shape index (κ2) is 5.31. The molecule has 6 nitrogen and oxygen atoms in total. The van der Waals surface area contributed by atoms with Gasteiger partial charge in [-0.25, -0.2) is 4.68 Å². The highest BCUT2D eigenvalue weighted by atomic mass is 16.5. The number of carbonyl (C=O) groups excluding carboxylic acids is 1. The van der Waals surface area contributed by atoms with E-state index < -0.39 is 0 Å². The fraction of sp³-hybridized carbons (Fsp3) is 0.250. The van der Waals surface area contributed by atoms with Gasteiger partial charge in [-0.3, -0.25) is 4.79 Å². The summed E-state index contributed by atoms with van der Waals surface area (Å²) in [7, 11) is 3.30. The van der Waals surface area contributed by atoms with Crippen LogP contribution in [0.25, 0.3) is 0 Å². The number of aromatic nitrogens is 3. The highest BCUT2D eigenvalue weighted by Gasteiger charge is 2.10. The van der Waals surface area contributed by atoms with Crippen LogP contribution >= 0.6 is 0 Å². The summed E-state index contributed by atoms with van der Waals surface area (Å²) in [5, 5.41) is 7.48. The van der Waals surface area contributed by atoms with Gasteiger partial charge in [0.1, 0.15) is 23.8 Å². The summed E-state index contributed by atoms with van der Waals surface area (Å²) in [4.78, 5) is 10.8. The first-order valence-electron chi connectivity index (χ1n) is 5.35. The van der Waals surface area contributed by atoms with Crippen molar-refractivity contribution in [1.82, 2.24) is 15.0 Å². The molecule has 0 saturated carbocycles. The summed E-state index contributed by atoms with van der Waals surface area (Å²) in [5.74, 6) is 1.37. The number of benzene rings is 1. The molecule has 0 N–H and O–H groups in total. The van der Waals surface area contributed by atoms with Gasteiger partial charge in [-0.05, 0) is 12.1 Å². The van der Waals surface area contributed by atoms with Crippen molar-refractivity contribution in [3.05, 3.63) is 35.7 Å². The molecule has 0 aliphatic heterocycles. The molecule has 94 valence electrons. The third-order valence-electron chi connectivity index (χ3n) is 2.50. The molecular weight excluding hydrogens is 234 g/mol. The van der Waals surface area contributed by atoms with Crippen LogP contribution in [0.3, 0.4) is 0 Å². The molecule has 1 aromatic carbocycles. The van der Waals surface area contributed by atoms with E-state index in [4.69, 9.17) is 9.47 Å². The Labute approximate surface area is 104 Å². The van der Waals surface area contributed by atoms with E-state index in [2.05, 4.69) is 10.3 Å². The van der Waals surface area contributed by atoms with Crippen LogP contribution in [0.4, 0.5) is 0 Å². The van der Waals surface area contributed by atoms with Gasteiger partial charge < -0.3 is 9.47 Å². The molecular formula is C12H13N3O3. The largest absolute Gasteiger partial charge is 0.497 e. The minimum absolute atomic E-state index is 0.227. The van der Waals surface area contributed by atoms with Crippen LogP contribution in [-0.4, -0.2) is 28.4 Å². The standard InChI is InChI=1S/C12H13N3O3/c1-15-12(11(7-16)13-14-15)8-18-10-5-3-4-9(6-10)17-2/h3-7H,8H2,1-2H3. The maximum Gasteiger partial charge on any atom is 0.172 e. The molecule has 0 fully saturated rings. The fourth-order valence-corrected chi connectivity index (χ4v) is 1.49. The molecule has 2 rings (SSSR count). The summed E-state index contributed by atoms with van der Waals surface area (Å²) >= 11 is 0. The number of aldehydes is 1. The SMILES string of the molecule is COc1cccc(OCc2c(C=O)nnn2C)c1. The minimum Gasteiger partial charge on any atom is -0.497 e. The lowest BCUT2D eigenvalue weighted by Gasteiger charge is -2.07. The van der Waals surface area contributed by atoms with Crippen LogP contribution in [0.5, 0.6) is 11.5 Å². The molecule has 6 heteroatoms. The van der Waals surface area contributed by atoms with Gasteiger partial charge in [0, 0.05) is 13.1 Å². The second-order valence-corrected chi connectivity index (χ2v) is 3.63. The molecule has 0 unspecified atom stereocenters. The first kappa shape index (κ1) is 12.1. The van der Waals surface area contributed by atoms with E-state index in [0.717, 1.165) is 0 Å². The molecule has 1 heterocycles. The number of methoxy groups -OCH3 is 1. The number of ether oxygens (including phenoxy) is 2. The molecule has 0 aliphatic carbocycles. The Morgan fingerprint density at radius 2 is 2.17 bits per heavy atom. The number of nitrogens with zero attached hydrogens (tertiary/aromatic N) is 3. The van der Waals surface area contributed by atoms with Crippen LogP contribution in [-0.2, 0) is 13.7 Å². The van der Waals surface area contributed by atoms with Crippen molar-refractivity contribution in [3.8, 4) is 11.5 Å². The summed E-state index contributed by atoms with van der Waals surface area (Å²) in [6.07, 6.45) is 0.664. The average molecular weight is 247 g/mol. The molecule has 0 atom stereocenters. The lowest BCUT2D eigenvalue weighted by molar-refractivity contribution is 0.111. The Bertz CT molecular complexity index is 551. The van der Waals surface area contributed by atoms with Crippen molar-refractivity contribution in [1.29, 1.82) is 0 Å². The van der Waals surface area contributed by atoms with Crippen molar-refractivity contribution in [2.75, 3.05) is 7.11 Å². The van der Waals surface area contributed by atoms with Crippen molar-refractivity contribution in [3.63, 3.8) is 0 Å². The Morgan fingerprint density at radius 1 is 1.39 bits per heavy atom. The lowest BCUT2D eigenvalue weighted by atomic mass is 10.3. The number of rotatable bonds is 5. The van der Waals surface area contributed by atoms with Crippen molar-refractivity contribution < 1.29 is 14.3 Å². The van der Waals surface area contributed by atoms with Crippen molar-refractivity contribution >= 4 is 6.29 Å². The maximum absolute atomic E-state index is 10.8. The van der Waals surface area contributed by atoms with Gasteiger partial charge in [0.2, 0.25) is 0 Å². The van der Waals surface area contributed by atoms with Gasteiger partial charge in [-0.15, -0.1) is 5.10 Å². The summed E-state index contributed by atoms with van der Waals surface area (Å²) in [6.45, 7) is 0.227. The van der Waals surface area contributed by atoms with Crippen molar-refractivity contribution in [2.24, 2.45) is 7.05 Å². The summed E-state index contributed by atoms with van der Waals surface area (Å²) in [5.41, 5.74) is 0.924. The smallest absolute Gasteiger partial charge is 0.172 e. The first-order chi connectivity index (χ1) is 8.74. The number of carbonyl (C=O) groups is 1. The molecule has 2 aromatic rings. The van der Waals surface area contributed by atoms with E-state index in [1.807, 2.05) is 18.2 Å². The molecule has 0 spiro atoms. The van der Waals surface area contributed by atoms with E-state index in [-0.39, 0.29) is 6.61 Å². The molecule has 0 saturated heterocycles. The molecule has 0 aliphatic rings. The van der Waals surface area contributed by atoms with Crippen LogP contribution in [0.2, 0.25) is 0 Å². The van der Waals surface area contributed by atoms with Gasteiger partial charge in [-0.2, -0.15) is 0 Å². The topological polar surface area (TPSA) is 66.2 Å². The normalized spacial score (nSPS) is 10.1. The zero-order valence-electron chi connectivity index (χ0n) is 10.2.